The van der Waals surface area contributed by atoms with Crippen LogP contribution in [0.1, 0.15) is 0 Å². The highest BCUT2D eigenvalue weighted by Crippen LogP contribution is 2.33. The van der Waals surface area contributed by atoms with E-state index in [0.29, 0.717) is 10.6 Å². The van der Waals surface area contributed by atoms with Crippen molar-refractivity contribution >= 4 is 21.6 Å². The molecule has 0 atom stereocenters. The van der Waals surface area contributed by atoms with Crippen molar-refractivity contribution in [2.45, 2.75) is 6.36 Å². The first-order valence-corrected chi connectivity index (χ1v) is 6.68. The van der Waals surface area contributed by atoms with Crippen molar-refractivity contribution in [1.82, 2.24) is 4.98 Å². The molecule has 0 aliphatic heterocycles. The van der Waals surface area contributed by atoms with E-state index in [-0.39, 0.29) is 11.5 Å². The second-order valence-corrected chi connectivity index (χ2v) is 5.27. The number of thiazole rings is 1. The maximum Gasteiger partial charge on any atom is 0.573 e. The van der Waals surface area contributed by atoms with Crippen molar-refractivity contribution in [3.05, 3.63) is 42.5 Å². The number of ether oxygens (including phenoxy) is 1. The topological polar surface area (TPSA) is 42.4 Å². The minimum absolute atomic E-state index is 0.145. The molecule has 0 unspecified atom stereocenters. The van der Waals surface area contributed by atoms with Gasteiger partial charge in [0.1, 0.15) is 16.5 Å². The van der Waals surface area contributed by atoms with Crippen LogP contribution in [0.2, 0.25) is 0 Å². The first kappa shape index (κ1) is 13.7. The fourth-order valence-corrected chi connectivity index (χ4v) is 2.84. The predicted octanol–water partition coefficient (Wildman–Crippen LogP) is 4.57. The Morgan fingerprint density at radius 2 is 1.76 bits per heavy atom. The summed E-state index contributed by atoms with van der Waals surface area (Å²) in [5.41, 5.74) is 1.41. The first-order chi connectivity index (χ1) is 9.90. The average molecular weight is 311 g/mol. The van der Waals surface area contributed by atoms with Crippen LogP contribution < -0.4 is 4.74 Å². The molecule has 7 heteroatoms. The molecule has 2 aromatic carbocycles. The van der Waals surface area contributed by atoms with E-state index in [1.807, 2.05) is 0 Å². The summed E-state index contributed by atoms with van der Waals surface area (Å²) in [5.74, 6) is -0.128. The van der Waals surface area contributed by atoms with Gasteiger partial charge in [-0.2, -0.15) is 0 Å². The summed E-state index contributed by atoms with van der Waals surface area (Å²) in [6.07, 6.45) is -4.70. The zero-order valence-electron chi connectivity index (χ0n) is 10.4. The van der Waals surface area contributed by atoms with Crippen LogP contribution in [0.25, 0.3) is 20.8 Å². The number of hydrogen-bond donors (Lipinski definition) is 1. The molecule has 0 radical (unpaired) electrons. The smallest absolute Gasteiger partial charge is 0.508 e. The van der Waals surface area contributed by atoms with Crippen LogP contribution in [0.15, 0.2) is 42.5 Å². The van der Waals surface area contributed by atoms with Gasteiger partial charge in [0.05, 0.1) is 10.2 Å². The molecule has 3 aromatic rings. The summed E-state index contributed by atoms with van der Waals surface area (Å²) in [4.78, 5) is 4.37. The summed E-state index contributed by atoms with van der Waals surface area (Å²) in [7, 11) is 0. The highest BCUT2D eigenvalue weighted by molar-refractivity contribution is 7.21. The monoisotopic (exact) mass is 311 g/mol. The number of phenolic OH excluding ortho intramolecular Hbond substituents is 1. The van der Waals surface area contributed by atoms with Crippen LogP contribution in [-0.2, 0) is 0 Å². The van der Waals surface area contributed by atoms with Gasteiger partial charge in [-0.1, -0.05) is 0 Å². The summed E-state index contributed by atoms with van der Waals surface area (Å²) >= 11 is 1.35. The van der Waals surface area contributed by atoms with Crippen molar-refractivity contribution in [2.75, 3.05) is 0 Å². The zero-order chi connectivity index (χ0) is 15.0. The van der Waals surface area contributed by atoms with E-state index in [9.17, 15) is 18.3 Å². The standard InChI is InChI=1S/C14H8F3NO2S/c15-14(16,17)20-10-4-1-8(2-5-10)13-18-11-6-3-9(19)7-12(11)21-13/h1-7,19H. The van der Waals surface area contributed by atoms with E-state index < -0.39 is 6.36 Å². The van der Waals surface area contributed by atoms with Crippen LogP contribution >= 0.6 is 11.3 Å². The normalized spacial score (nSPS) is 11.8. The Morgan fingerprint density at radius 1 is 1.05 bits per heavy atom. The second kappa shape index (κ2) is 4.92. The lowest BCUT2D eigenvalue weighted by Gasteiger charge is -2.08. The number of fused-ring (bicyclic) bond motifs is 1. The van der Waals surface area contributed by atoms with Gasteiger partial charge in [0.15, 0.2) is 0 Å². The third kappa shape index (κ3) is 3.08. The maximum atomic E-state index is 12.1. The molecule has 3 nitrogen and oxygen atoms in total. The molecule has 0 spiro atoms. The Hall–Kier alpha value is -2.28. The fraction of sp³-hybridized carbons (Fsp3) is 0.0714. The number of aromatic hydroxyl groups is 1. The molecule has 0 saturated carbocycles. The molecule has 0 aliphatic carbocycles. The van der Waals surface area contributed by atoms with Gasteiger partial charge in [-0.3, -0.25) is 0 Å². The first-order valence-electron chi connectivity index (χ1n) is 5.86. The third-order valence-electron chi connectivity index (χ3n) is 2.71. The molecule has 0 fully saturated rings. The largest absolute Gasteiger partial charge is 0.573 e. The number of phenols is 1. The lowest BCUT2D eigenvalue weighted by atomic mass is 10.2. The molecule has 1 heterocycles. The van der Waals surface area contributed by atoms with Gasteiger partial charge >= 0.3 is 6.36 Å². The fourth-order valence-electron chi connectivity index (χ4n) is 1.84. The quantitative estimate of drug-likeness (QED) is 0.754. The van der Waals surface area contributed by atoms with Gasteiger partial charge in [-0.25, -0.2) is 4.98 Å². The van der Waals surface area contributed by atoms with E-state index in [0.717, 1.165) is 10.2 Å². The van der Waals surface area contributed by atoms with Gasteiger partial charge in [0.2, 0.25) is 0 Å². The van der Waals surface area contributed by atoms with Gasteiger partial charge in [-0.05, 0) is 42.5 Å². The SMILES string of the molecule is Oc1ccc2nc(-c3ccc(OC(F)(F)F)cc3)sc2c1. The van der Waals surface area contributed by atoms with Crippen LogP contribution in [0.5, 0.6) is 11.5 Å². The van der Waals surface area contributed by atoms with Crippen molar-refractivity contribution in [2.24, 2.45) is 0 Å². The lowest BCUT2D eigenvalue weighted by Crippen LogP contribution is -2.16. The number of halogens is 3. The molecule has 3 rings (SSSR count). The zero-order valence-corrected chi connectivity index (χ0v) is 11.2. The number of aromatic nitrogens is 1. The van der Waals surface area contributed by atoms with E-state index >= 15 is 0 Å². The van der Waals surface area contributed by atoms with Crippen molar-refractivity contribution in [1.29, 1.82) is 0 Å². The molecule has 1 N–H and O–H groups in total. The Bertz CT molecular complexity index is 781. The summed E-state index contributed by atoms with van der Waals surface area (Å²) < 4.78 is 40.9. The van der Waals surface area contributed by atoms with Crippen molar-refractivity contribution < 1.29 is 23.0 Å². The molecule has 1 aromatic heterocycles. The van der Waals surface area contributed by atoms with Crippen LogP contribution in [0.3, 0.4) is 0 Å². The van der Waals surface area contributed by atoms with Gasteiger partial charge < -0.3 is 9.84 Å². The average Bonchev–Trinajstić information content (AvgIpc) is 2.80. The van der Waals surface area contributed by atoms with Gasteiger partial charge in [0, 0.05) is 5.56 Å². The van der Waals surface area contributed by atoms with Crippen LogP contribution in [-0.4, -0.2) is 16.5 Å². The molecule has 0 bridgehead atoms. The Labute approximate surface area is 121 Å². The minimum atomic E-state index is -4.70. The second-order valence-electron chi connectivity index (χ2n) is 4.24. The molecule has 21 heavy (non-hydrogen) atoms. The van der Waals surface area contributed by atoms with Crippen LogP contribution in [0, 0.1) is 0 Å². The number of hydrogen-bond acceptors (Lipinski definition) is 4. The van der Waals surface area contributed by atoms with E-state index in [4.69, 9.17) is 0 Å². The van der Waals surface area contributed by atoms with Crippen LogP contribution in [0.4, 0.5) is 13.2 Å². The molecule has 108 valence electrons. The lowest BCUT2D eigenvalue weighted by molar-refractivity contribution is -0.274. The highest BCUT2D eigenvalue weighted by Gasteiger charge is 2.30. The van der Waals surface area contributed by atoms with Crippen molar-refractivity contribution in [3.63, 3.8) is 0 Å². The molecule has 0 aliphatic rings. The summed E-state index contributed by atoms with van der Waals surface area (Å²) in [5, 5.41) is 10.1. The number of benzene rings is 2. The Morgan fingerprint density at radius 3 is 2.43 bits per heavy atom. The molecular formula is C14H8F3NO2S. The third-order valence-corrected chi connectivity index (χ3v) is 3.77. The number of alkyl halides is 3. The number of rotatable bonds is 2. The maximum absolute atomic E-state index is 12.1. The van der Waals surface area contributed by atoms with Crippen molar-refractivity contribution in [3.8, 4) is 22.1 Å². The molecular weight excluding hydrogens is 303 g/mol. The van der Waals surface area contributed by atoms with E-state index in [2.05, 4.69) is 9.72 Å². The molecule has 0 saturated heterocycles. The van der Waals surface area contributed by atoms with E-state index in [1.54, 1.807) is 12.1 Å². The van der Waals surface area contributed by atoms with Gasteiger partial charge in [-0.15, -0.1) is 24.5 Å². The summed E-state index contributed by atoms with van der Waals surface area (Å²) in [6, 6.07) is 10.3. The highest BCUT2D eigenvalue weighted by atomic mass is 32.1. The Balaban J connectivity index is 1.91. The number of nitrogens with zero attached hydrogens (tertiary/aromatic N) is 1. The predicted molar refractivity (Wildman–Crippen MR) is 73.4 cm³/mol. The molecule has 0 amide bonds. The minimum Gasteiger partial charge on any atom is -0.508 e. The van der Waals surface area contributed by atoms with E-state index in [1.165, 1.54) is 41.7 Å². The Kier molecular flexibility index (Phi) is 3.21. The van der Waals surface area contributed by atoms with Gasteiger partial charge in [0.25, 0.3) is 0 Å². The summed E-state index contributed by atoms with van der Waals surface area (Å²) in [6.45, 7) is 0.